The van der Waals surface area contributed by atoms with Crippen molar-refractivity contribution in [1.29, 1.82) is 0 Å². The molecule has 0 fully saturated rings. The first-order valence-electron chi connectivity index (χ1n) is 6.56. The maximum Gasteiger partial charge on any atom is 0.0295 e. The second-order valence-electron chi connectivity index (χ2n) is 5.55. The Labute approximate surface area is 120 Å². The molecule has 0 aliphatic carbocycles. The maximum atomic E-state index is 3.73. The van der Waals surface area contributed by atoms with Crippen LogP contribution in [0.1, 0.15) is 32.4 Å². The molecule has 0 saturated heterocycles. The van der Waals surface area contributed by atoms with E-state index in [-0.39, 0.29) is 0 Å². The molecule has 0 amide bonds. The molecule has 3 heteroatoms. The van der Waals surface area contributed by atoms with Gasteiger partial charge in [-0.2, -0.15) is 0 Å². The van der Waals surface area contributed by atoms with Gasteiger partial charge in [-0.1, -0.05) is 41.9 Å². The third kappa shape index (κ3) is 5.09. The van der Waals surface area contributed by atoms with E-state index in [1.807, 2.05) is 0 Å². The van der Waals surface area contributed by atoms with Gasteiger partial charge in [0.2, 0.25) is 0 Å². The van der Waals surface area contributed by atoms with Crippen molar-refractivity contribution in [2.75, 3.05) is 20.6 Å². The van der Waals surface area contributed by atoms with Crippen molar-refractivity contribution in [3.8, 4) is 0 Å². The van der Waals surface area contributed by atoms with Crippen molar-refractivity contribution >= 4 is 15.9 Å². The Morgan fingerprint density at radius 1 is 1.11 bits per heavy atom. The fourth-order valence-corrected chi connectivity index (χ4v) is 2.28. The van der Waals surface area contributed by atoms with Gasteiger partial charge in [-0.05, 0) is 44.6 Å². The standard InChI is InChI=1S/C15H25BrN2/c1-11(2)15(10-18(4)5)17-12(3)13-6-8-14(16)9-7-13/h6-9,11-12,15,17H,10H2,1-5H3. The van der Waals surface area contributed by atoms with Crippen LogP contribution >= 0.6 is 15.9 Å². The van der Waals surface area contributed by atoms with Crippen LogP contribution in [-0.2, 0) is 0 Å². The quantitative estimate of drug-likeness (QED) is 0.862. The first kappa shape index (κ1) is 15.7. The van der Waals surface area contributed by atoms with Crippen LogP contribution in [0.3, 0.4) is 0 Å². The fraction of sp³-hybridized carbons (Fsp3) is 0.600. The Kier molecular flexibility index (Phi) is 6.33. The van der Waals surface area contributed by atoms with E-state index in [4.69, 9.17) is 0 Å². The van der Waals surface area contributed by atoms with Crippen LogP contribution < -0.4 is 5.32 Å². The lowest BCUT2D eigenvalue weighted by atomic mass is 10.0. The highest BCUT2D eigenvalue weighted by Crippen LogP contribution is 2.18. The number of nitrogens with one attached hydrogen (secondary N) is 1. The molecule has 1 aromatic rings. The van der Waals surface area contributed by atoms with Crippen LogP contribution in [-0.4, -0.2) is 31.6 Å². The molecule has 0 aliphatic heterocycles. The molecule has 102 valence electrons. The second kappa shape index (κ2) is 7.27. The highest BCUT2D eigenvalue weighted by Gasteiger charge is 2.17. The van der Waals surface area contributed by atoms with Gasteiger partial charge in [0, 0.05) is 23.1 Å². The Morgan fingerprint density at radius 2 is 1.67 bits per heavy atom. The summed E-state index contributed by atoms with van der Waals surface area (Å²) < 4.78 is 1.13. The average Bonchev–Trinajstić information content (AvgIpc) is 2.28. The third-order valence-corrected chi connectivity index (χ3v) is 3.73. The lowest BCUT2D eigenvalue weighted by molar-refractivity contribution is 0.273. The summed E-state index contributed by atoms with van der Waals surface area (Å²) in [6, 6.07) is 9.45. The van der Waals surface area contributed by atoms with E-state index >= 15 is 0 Å². The summed E-state index contributed by atoms with van der Waals surface area (Å²) >= 11 is 3.47. The first-order valence-corrected chi connectivity index (χ1v) is 7.35. The lowest BCUT2D eigenvalue weighted by Crippen LogP contribution is -2.43. The molecule has 2 nitrogen and oxygen atoms in total. The van der Waals surface area contributed by atoms with Crippen LogP contribution in [0.15, 0.2) is 28.7 Å². The number of likely N-dealkylation sites (N-methyl/N-ethyl adjacent to an activating group) is 1. The molecule has 0 radical (unpaired) electrons. The minimum absolute atomic E-state index is 0.380. The zero-order valence-electron chi connectivity index (χ0n) is 12.1. The van der Waals surface area contributed by atoms with Crippen molar-refractivity contribution in [2.45, 2.75) is 32.9 Å². The van der Waals surface area contributed by atoms with E-state index in [0.29, 0.717) is 18.0 Å². The monoisotopic (exact) mass is 312 g/mol. The highest BCUT2D eigenvalue weighted by molar-refractivity contribution is 9.10. The molecule has 0 aromatic heterocycles. The van der Waals surface area contributed by atoms with Crippen molar-refractivity contribution in [3.63, 3.8) is 0 Å². The zero-order chi connectivity index (χ0) is 13.7. The number of halogens is 1. The van der Waals surface area contributed by atoms with Crippen LogP contribution in [0.25, 0.3) is 0 Å². The molecule has 0 saturated carbocycles. The third-order valence-electron chi connectivity index (χ3n) is 3.20. The molecule has 2 unspecified atom stereocenters. The molecule has 1 rings (SSSR count). The topological polar surface area (TPSA) is 15.3 Å². The van der Waals surface area contributed by atoms with Gasteiger partial charge in [-0.25, -0.2) is 0 Å². The number of rotatable bonds is 6. The molecule has 1 aromatic carbocycles. The minimum Gasteiger partial charge on any atom is -0.308 e. The first-order chi connectivity index (χ1) is 8.40. The Bertz CT molecular complexity index is 346. The number of benzene rings is 1. The molecule has 0 bridgehead atoms. The molecule has 0 spiro atoms. The van der Waals surface area contributed by atoms with Crippen molar-refractivity contribution in [2.24, 2.45) is 5.92 Å². The maximum absolute atomic E-state index is 3.73. The summed E-state index contributed by atoms with van der Waals surface area (Å²) in [5.41, 5.74) is 1.34. The van der Waals surface area contributed by atoms with E-state index in [0.717, 1.165) is 11.0 Å². The average molecular weight is 313 g/mol. The summed E-state index contributed by atoms with van der Waals surface area (Å²) in [6.07, 6.45) is 0. The van der Waals surface area contributed by atoms with Gasteiger partial charge in [0.15, 0.2) is 0 Å². The van der Waals surface area contributed by atoms with Gasteiger partial charge in [0.25, 0.3) is 0 Å². The highest BCUT2D eigenvalue weighted by atomic mass is 79.9. The fourth-order valence-electron chi connectivity index (χ4n) is 2.02. The number of hydrogen-bond donors (Lipinski definition) is 1. The number of hydrogen-bond acceptors (Lipinski definition) is 2. The summed E-state index contributed by atoms with van der Waals surface area (Å²) in [5, 5.41) is 3.73. The van der Waals surface area contributed by atoms with Gasteiger partial charge in [0.1, 0.15) is 0 Å². The van der Waals surface area contributed by atoms with Gasteiger partial charge in [-0.3, -0.25) is 0 Å². The summed E-state index contributed by atoms with van der Waals surface area (Å²) in [5.74, 6) is 0.630. The van der Waals surface area contributed by atoms with Crippen LogP contribution in [0.2, 0.25) is 0 Å². The molecule has 0 heterocycles. The Hall–Kier alpha value is -0.380. The van der Waals surface area contributed by atoms with E-state index in [1.165, 1.54) is 5.56 Å². The largest absolute Gasteiger partial charge is 0.308 e. The normalized spacial score (nSPS) is 15.1. The SMILES string of the molecule is CC(NC(CN(C)C)C(C)C)c1ccc(Br)cc1. The summed E-state index contributed by atoms with van der Waals surface area (Å²) in [6.45, 7) is 7.84. The molecule has 18 heavy (non-hydrogen) atoms. The molecule has 1 N–H and O–H groups in total. The predicted molar refractivity (Wildman–Crippen MR) is 82.9 cm³/mol. The van der Waals surface area contributed by atoms with Gasteiger partial charge in [-0.15, -0.1) is 0 Å². The van der Waals surface area contributed by atoms with Crippen LogP contribution in [0.4, 0.5) is 0 Å². The van der Waals surface area contributed by atoms with Crippen molar-refractivity contribution in [1.82, 2.24) is 10.2 Å². The Balaban J connectivity index is 2.65. The van der Waals surface area contributed by atoms with E-state index in [2.05, 4.69) is 85.3 Å². The summed E-state index contributed by atoms with van der Waals surface area (Å²) in [4.78, 5) is 2.24. The van der Waals surface area contributed by atoms with Gasteiger partial charge < -0.3 is 10.2 Å². The van der Waals surface area contributed by atoms with Crippen LogP contribution in [0.5, 0.6) is 0 Å². The summed E-state index contributed by atoms with van der Waals surface area (Å²) in [7, 11) is 4.25. The number of nitrogens with zero attached hydrogens (tertiary/aromatic N) is 1. The van der Waals surface area contributed by atoms with Crippen molar-refractivity contribution in [3.05, 3.63) is 34.3 Å². The molecule has 0 aliphatic rings. The van der Waals surface area contributed by atoms with Crippen LogP contribution in [0, 0.1) is 5.92 Å². The second-order valence-corrected chi connectivity index (χ2v) is 6.47. The van der Waals surface area contributed by atoms with Gasteiger partial charge in [0.05, 0.1) is 0 Å². The molecular formula is C15H25BrN2. The molecule has 2 atom stereocenters. The lowest BCUT2D eigenvalue weighted by Gasteiger charge is -2.29. The molecular weight excluding hydrogens is 288 g/mol. The zero-order valence-corrected chi connectivity index (χ0v) is 13.7. The minimum atomic E-state index is 0.380. The van der Waals surface area contributed by atoms with Gasteiger partial charge >= 0.3 is 0 Å². The smallest absolute Gasteiger partial charge is 0.0295 e. The Morgan fingerprint density at radius 3 is 2.11 bits per heavy atom. The van der Waals surface area contributed by atoms with Crippen molar-refractivity contribution < 1.29 is 0 Å². The van der Waals surface area contributed by atoms with E-state index in [1.54, 1.807) is 0 Å². The predicted octanol–water partition coefficient (Wildman–Crippen LogP) is 3.69. The van der Waals surface area contributed by atoms with E-state index in [9.17, 15) is 0 Å². The van der Waals surface area contributed by atoms with E-state index < -0.39 is 0 Å².